The van der Waals surface area contributed by atoms with Gasteiger partial charge in [0.1, 0.15) is 11.6 Å². The van der Waals surface area contributed by atoms with Gasteiger partial charge in [-0.3, -0.25) is 4.79 Å². The van der Waals surface area contributed by atoms with Crippen molar-refractivity contribution in [3.8, 4) is 0 Å². The smallest absolute Gasteiger partial charge is 0.329 e. The van der Waals surface area contributed by atoms with E-state index in [1.807, 2.05) is 0 Å². The molecule has 0 aromatic heterocycles. The Morgan fingerprint density at radius 3 is 2.50 bits per heavy atom. The van der Waals surface area contributed by atoms with Crippen LogP contribution in [0.1, 0.15) is 34.1 Å². The second kappa shape index (κ2) is 4.41. The normalized spacial score (nSPS) is 23.4. The molecule has 2 atom stereocenters. The molecular formula is C11H20N2O3. The first-order valence-electron chi connectivity index (χ1n) is 5.51. The van der Waals surface area contributed by atoms with Crippen molar-refractivity contribution < 1.29 is 14.3 Å². The van der Waals surface area contributed by atoms with Gasteiger partial charge in [-0.25, -0.2) is 4.79 Å². The number of ether oxygens (including phenoxy) is 1. The third-order valence-corrected chi connectivity index (χ3v) is 2.50. The molecule has 0 aromatic rings. The number of nitrogens with two attached hydrogens (primary N) is 1. The van der Waals surface area contributed by atoms with Crippen molar-refractivity contribution in [3.05, 3.63) is 0 Å². The summed E-state index contributed by atoms with van der Waals surface area (Å²) in [5, 5.41) is 0. The molecule has 1 fully saturated rings. The highest BCUT2D eigenvalue weighted by Gasteiger charge is 2.36. The molecule has 1 aliphatic heterocycles. The van der Waals surface area contributed by atoms with Crippen molar-refractivity contribution in [1.82, 2.24) is 4.90 Å². The molecule has 1 heterocycles. The molecule has 0 aromatic carbocycles. The van der Waals surface area contributed by atoms with Crippen LogP contribution in [-0.4, -0.2) is 41.0 Å². The molecule has 0 saturated carbocycles. The standard InChI is InChI=1S/C11H20N2O3/c1-7(10(15)16-11(2,3)4)13-6-5-8(12)9(13)14/h7-8H,5-6,12H2,1-4H3/t7-,8-/m0/s1. The first-order chi connectivity index (χ1) is 7.22. The number of esters is 1. The maximum absolute atomic E-state index is 11.7. The summed E-state index contributed by atoms with van der Waals surface area (Å²) in [6, 6.07) is -1.02. The highest BCUT2D eigenvalue weighted by Crippen LogP contribution is 2.16. The van der Waals surface area contributed by atoms with Crippen LogP contribution in [-0.2, 0) is 14.3 Å². The summed E-state index contributed by atoms with van der Waals surface area (Å²) >= 11 is 0. The predicted molar refractivity (Wildman–Crippen MR) is 59.6 cm³/mol. The van der Waals surface area contributed by atoms with Gasteiger partial charge in [-0.15, -0.1) is 0 Å². The Labute approximate surface area is 95.9 Å². The van der Waals surface area contributed by atoms with E-state index in [0.717, 1.165) is 0 Å². The molecule has 0 radical (unpaired) electrons. The molecule has 0 bridgehead atoms. The molecule has 0 aliphatic carbocycles. The second-order valence-electron chi connectivity index (χ2n) is 5.14. The summed E-state index contributed by atoms with van der Waals surface area (Å²) in [4.78, 5) is 24.8. The van der Waals surface area contributed by atoms with Gasteiger partial charge < -0.3 is 15.4 Å². The lowest BCUT2D eigenvalue weighted by atomic mass is 10.2. The minimum absolute atomic E-state index is 0.168. The number of hydrogen-bond donors (Lipinski definition) is 1. The fourth-order valence-electron chi connectivity index (χ4n) is 1.62. The number of likely N-dealkylation sites (tertiary alicyclic amines) is 1. The van der Waals surface area contributed by atoms with Crippen molar-refractivity contribution >= 4 is 11.9 Å². The number of nitrogens with zero attached hydrogens (tertiary/aromatic N) is 1. The number of rotatable bonds is 2. The SMILES string of the molecule is C[C@@H](C(=O)OC(C)(C)C)N1CC[C@H](N)C1=O. The zero-order valence-corrected chi connectivity index (χ0v) is 10.3. The molecule has 5 heteroatoms. The van der Waals surface area contributed by atoms with E-state index in [2.05, 4.69) is 0 Å². The Bertz CT molecular complexity index is 296. The lowest BCUT2D eigenvalue weighted by Gasteiger charge is -2.27. The molecular weight excluding hydrogens is 208 g/mol. The summed E-state index contributed by atoms with van der Waals surface area (Å²) in [5.74, 6) is -0.548. The molecule has 5 nitrogen and oxygen atoms in total. The molecule has 1 rings (SSSR count). The van der Waals surface area contributed by atoms with E-state index in [1.165, 1.54) is 4.90 Å². The van der Waals surface area contributed by atoms with Gasteiger partial charge in [0.25, 0.3) is 0 Å². The minimum atomic E-state index is -0.555. The van der Waals surface area contributed by atoms with Crippen LogP contribution in [0.4, 0.5) is 0 Å². The van der Waals surface area contributed by atoms with Crippen molar-refractivity contribution in [3.63, 3.8) is 0 Å². The molecule has 0 unspecified atom stereocenters. The first-order valence-corrected chi connectivity index (χ1v) is 5.51. The molecule has 2 N–H and O–H groups in total. The fourth-order valence-corrected chi connectivity index (χ4v) is 1.62. The predicted octanol–water partition coefficient (Wildman–Crippen LogP) is 0.276. The number of carbonyl (C=O) groups excluding carboxylic acids is 2. The second-order valence-corrected chi connectivity index (χ2v) is 5.14. The summed E-state index contributed by atoms with van der Waals surface area (Å²) < 4.78 is 5.22. The molecule has 1 amide bonds. The quantitative estimate of drug-likeness (QED) is 0.689. The number of amides is 1. The van der Waals surface area contributed by atoms with Gasteiger partial charge in [0.2, 0.25) is 5.91 Å². The van der Waals surface area contributed by atoms with Gasteiger partial charge in [0, 0.05) is 6.54 Å². The third kappa shape index (κ3) is 2.95. The van der Waals surface area contributed by atoms with Crippen molar-refractivity contribution in [2.45, 2.75) is 51.8 Å². The van der Waals surface area contributed by atoms with E-state index in [-0.39, 0.29) is 11.9 Å². The average Bonchev–Trinajstić information content (AvgIpc) is 2.44. The van der Waals surface area contributed by atoms with Gasteiger partial charge in [-0.2, -0.15) is 0 Å². The molecule has 1 aliphatic rings. The highest BCUT2D eigenvalue weighted by molar-refractivity contribution is 5.88. The van der Waals surface area contributed by atoms with Crippen LogP contribution in [0.2, 0.25) is 0 Å². The van der Waals surface area contributed by atoms with Crippen molar-refractivity contribution in [2.75, 3.05) is 6.54 Å². The summed E-state index contributed by atoms with van der Waals surface area (Å²) in [7, 11) is 0. The highest BCUT2D eigenvalue weighted by atomic mass is 16.6. The minimum Gasteiger partial charge on any atom is -0.458 e. The van der Waals surface area contributed by atoms with Crippen LogP contribution in [0.3, 0.4) is 0 Å². The first kappa shape index (κ1) is 13.0. The van der Waals surface area contributed by atoms with Crippen LogP contribution in [0.5, 0.6) is 0 Å². The number of hydrogen-bond acceptors (Lipinski definition) is 4. The topological polar surface area (TPSA) is 72.6 Å². The van der Waals surface area contributed by atoms with Gasteiger partial charge in [0.15, 0.2) is 0 Å². The van der Waals surface area contributed by atoms with E-state index < -0.39 is 17.7 Å². The van der Waals surface area contributed by atoms with Crippen LogP contribution >= 0.6 is 0 Å². The molecule has 92 valence electrons. The van der Waals surface area contributed by atoms with Crippen molar-refractivity contribution in [1.29, 1.82) is 0 Å². The Kier molecular flexibility index (Phi) is 3.57. The van der Waals surface area contributed by atoms with Crippen molar-refractivity contribution in [2.24, 2.45) is 5.73 Å². The third-order valence-electron chi connectivity index (χ3n) is 2.50. The molecule has 0 spiro atoms. The molecule has 16 heavy (non-hydrogen) atoms. The largest absolute Gasteiger partial charge is 0.458 e. The lowest BCUT2D eigenvalue weighted by Crippen LogP contribution is -2.45. The van der Waals surface area contributed by atoms with Gasteiger partial charge in [-0.1, -0.05) is 0 Å². The van der Waals surface area contributed by atoms with Gasteiger partial charge in [-0.05, 0) is 34.1 Å². The average molecular weight is 228 g/mol. The summed E-state index contributed by atoms with van der Waals surface area (Å²) in [5.41, 5.74) is 5.06. The summed E-state index contributed by atoms with van der Waals surface area (Å²) in [6.45, 7) is 7.60. The van der Waals surface area contributed by atoms with E-state index in [0.29, 0.717) is 13.0 Å². The maximum atomic E-state index is 11.7. The van der Waals surface area contributed by atoms with Crippen LogP contribution < -0.4 is 5.73 Å². The molecule has 1 saturated heterocycles. The van der Waals surface area contributed by atoms with Crippen LogP contribution in [0.25, 0.3) is 0 Å². The Morgan fingerprint density at radius 2 is 2.12 bits per heavy atom. The van der Waals surface area contributed by atoms with E-state index >= 15 is 0 Å². The monoisotopic (exact) mass is 228 g/mol. The maximum Gasteiger partial charge on any atom is 0.329 e. The van der Waals surface area contributed by atoms with Crippen LogP contribution in [0.15, 0.2) is 0 Å². The summed E-state index contributed by atoms with van der Waals surface area (Å²) in [6.07, 6.45) is 0.603. The Balaban J connectivity index is 2.61. The van der Waals surface area contributed by atoms with E-state index in [1.54, 1.807) is 27.7 Å². The van der Waals surface area contributed by atoms with Gasteiger partial charge in [0.05, 0.1) is 6.04 Å². The number of carbonyl (C=O) groups is 2. The zero-order valence-electron chi connectivity index (χ0n) is 10.3. The Morgan fingerprint density at radius 1 is 1.56 bits per heavy atom. The van der Waals surface area contributed by atoms with E-state index in [4.69, 9.17) is 10.5 Å². The Hall–Kier alpha value is -1.10. The van der Waals surface area contributed by atoms with Crippen LogP contribution in [0, 0.1) is 0 Å². The lowest BCUT2D eigenvalue weighted by molar-refractivity contribution is -0.163. The van der Waals surface area contributed by atoms with E-state index in [9.17, 15) is 9.59 Å². The fraction of sp³-hybridized carbons (Fsp3) is 0.818. The van der Waals surface area contributed by atoms with Gasteiger partial charge >= 0.3 is 5.97 Å². The zero-order chi connectivity index (χ0) is 12.5.